The van der Waals surface area contributed by atoms with Crippen LogP contribution in [0.3, 0.4) is 0 Å². The predicted molar refractivity (Wildman–Crippen MR) is 95.2 cm³/mol. The molecule has 7 heteroatoms. The Morgan fingerprint density at radius 3 is 2.54 bits per heavy atom. The topological polar surface area (TPSA) is 85.9 Å². The van der Waals surface area contributed by atoms with Crippen molar-refractivity contribution in [3.63, 3.8) is 0 Å². The SMILES string of the molecule is COC(=O)Nc1ccc(CNC(=O)CCc2ccc3c(c2)OCO3)cc1. The van der Waals surface area contributed by atoms with Crippen LogP contribution in [0.15, 0.2) is 42.5 Å². The lowest BCUT2D eigenvalue weighted by Gasteiger charge is -2.08. The van der Waals surface area contributed by atoms with Crippen molar-refractivity contribution < 1.29 is 23.8 Å². The zero-order valence-electron chi connectivity index (χ0n) is 14.4. The van der Waals surface area contributed by atoms with Crippen LogP contribution in [-0.4, -0.2) is 25.9 Å². The van der Waals surface area contributed by atoms with Gasteiger partial charge in [-0.05, 0) is 41.8 Å². The summed E-state index contributed by atoms with van der Waals surface area (Å²) in [4.78, 5) is 23.2. The van der Waals surface area contributed by atoms with Crippen LogP contribution in [0.25, 0.3) is 0 Å². The van der Waals surface area contributed by atoms with Crippen molar-refractivity contribution in [1.29, 1.82) is 0 Å². The predicted octanol–water partition coefficient (Wildman–Crippen LogP) is 2.84. The molecule has 3 rings (SSSR count). The number of methoxy groups -OCH3 is 1. The molecular formula is C19H20N2O5. The van der Waals surface area contributed by atoms with Crippen molar-refractivity contribution in [3.8, 4) is 11.5 Å². The molecule has 2 aromatic carbocycles. The van der Waals surface area contributed by atoms with Gasteiger partial charge in [0.1, 0.15) is 0 Å². The maximum absolute atomic E-state index is 12.0. The third-order valence-corrected chi connectivity index (χ3v) is 3.95. The molecule has 0 unspecified atom stereocenters. The molecule has 0 saturated carbocycles. The van der Waals surface area contributed by atoms with Crippen LogP contribution < -0.4 is 20.1 Å². The highest BCUT2D eigenvalue weighted by molar-refractivity contribution is 5.84. The van der Waals surface area contributed by atoms with Gasteiger partial charge in [-0.15, -0.1) is 0 Å². The molecule has 0 fully saturated rings. The molecule has 0 aliphatic carbocycles. The van der Waals surface area contributed by atoms with Crippen molar-refractivity contribution in [2.45, 2.75) is 19.4 Å². The zero-order valence-corrected chi connectivity index (χ0v) is 14.4. The first-order valence-electron chi connectivity index (χ1n) is 8.23. The van der Waals surface area contributed by atoms with E-state index in [9.17, 15) is 9.59 Å². The molecule has 0 saturated heterocycles. The van der Waals surface area contributed by atoms with Crippen LogP contribution in [-0.2, 0) is 22.5 Å². The number of benzene rings is 2. The Kier molecular flexibility index (Phi) is 5.58. The summed E-state index contributed by atoms with van der Waals surface area (Å²) in [5.41, 5.74) is 2.61. The molecule has 0 spiro atoms. The largest absolute Gasteiger partial charge is 0.454 e. The molecule has 2 N–H and O–H groups in total. The molecule has 0 radical (unpaired) electrons. The lowest BCUT2D eigenvalue weighted by Crippen LogP contribution is -2.23. The number of anilines is 1. The van der Waals surface area contributed by atoms with Gasteiger partial charge in [0.2, 0.25) is 12.7 Å². The Hall–Kier alpha value is -3.22. The third kappa shape index (κ3) is 4.66. The fraction of sp³-hybridized carbons (Fsp3) is 0.263. The molecule has 1 aliphatic heterocycles. The number of rotatable bonds is 6. The van der Waals surface area contributed by atoms with E-state index >= 15 is 0 Å². The van der Waals surface area contributed by atoms with Crippen molar-refractivity contribution in [1.82, 2.24) is 5.32 Å². The highest BCUT2D eigenvalue weighted by Gasteiger charge is 2.13. The van der Waals surface area contributed by atoms with E-state index in [1.807, 2.05) is 30.3 Å². The standard InChI is InChI=1S/C19H20N2O5/c1-24-19(23)21-15-6-2-14(3-7-15)11-20-18(22)9-5-13-4-8-16-17(10-13)26-12-25-16/h2-4,6-8,10H,5,9,11-12H2,1H3,(H,20,22)(H,21,23). The quantitative estimate of drug-likeness (QED) is 0.831. The lowest BCUT2D eigenvalue weighted by molar-refractivity contribution is -0.121. The highest BCUT2D eigenvalue weighted by atomic mass is 16.7. The van der Waals surface area contributed by atoms with Gasteiger partial charge in [0.15, 0.2) is 11.5 Å². The summed E-state index contributed by atoms with van der Waals surface area (Å²) in [6.07, 6.45) is 0.501. The number of nitrogens with one attached hydrogen (secondary N) is 2. The Balaban J connectivity index is 1.43. The second-order valence-electron chi connectivity index (χ2n) is 5.78. The van der Waals surface area contributed by atoms with Crippen LogP contribution in [0.4, 0.5) is 10.5 Å². The number of aryl methyl sites for hydroxylation is 1. The molecule has 136 valence electrons. The van der Waals surface area contributed by atoms with Crippen molar-refractivity contribution in [3.05, 3.63) is 53.6 Å². The fourth-order valence-electron chi connectivity index (χ4n) is 2.52. The Morgan fingerprint density at radius 1 is 1.04 bits per heavy atom. The number of carbonyl (C=O) groups excluding carboxylic acids is 2. The summed E-state index contributed by atoms with van der Waals surface area (Å²) in [6.45, 7) is 0.672. The summed E-state index contributed by atoms with van der Waals surface area (Å²) in [5, 5.41) is 5.46. The first-order valence-corrected chi connectivity index (χ1v) is 8.23. The molecule has 0 bridgehead atoms. The average Bonchev–Trinajstić information content (AvgIpc) is 3.13. The monoisotopic (exact) mass is 356 g/mol. The molecular weight excluding hydrogens is 336 g/mol. The van der Waals surface area contributed by atoms with Gasteiger partial charge in [0.25, 0.3) is 0 Å². The summed E-state index contributed by atoms with van der Waals surface area (Å²) in [6, 6.07) is 12.9. The Labute approximate surface area is 151 Å². The smallest absolute Gasteiger partial charge is 0.411 e. The van der Waals surface area contributed by atoms with Gasteiger partial charge in [-0.2, -0.15) is 0 Å². The molecule has 1 heterocycles. The molecule has 1 aliphatic rings. The van der Waals surface area contributed by atoms with E-state index < -0.39 is 6.09 Å². The van der Waals surface area contributed by atoms with Crippen LogP contribution in [0.2, 0.25) is 0 Å². The maximum atomic E-state index is 12.0. The van der Waals surface area contributed by atoms with Crippen molar-refractivity contribution in [2.75, 3.05) is 19.2 Å². The zero-order chi connectivity index (χ0) is 18.4. The molecule has 26 heavy (non-hydrogen) atoms. The molecule has 2 amide bonds. The van der Waals surface area contributed by atoms with E-state index in [2.05, 4.69) is 15.4 Å². The molecule has 0 aromatic heterocycles. The van der Waals surface area contributed by atoms with Gasteiger partial charge in [-0.25, -0.2) is 4.79 Å². The summed E-state index contributed by atoms with van der Waals surface area (Å²) in [7, 11) is 1.31. The number of amides is 2. The highest BCUT2D eigenvalue weighted by Crippen LogP contribution is 2.32. The number of hydrogen-bond donors (Lipinski definition) is 2. The van der Waals surface area contributed by atoms with E-state index in [0.717, 1.165) is 22.6 Å². The Morgan fingerprint density at radius 2 is 1.77 bits per heavy atom. The fourth-order valence-corrected chi connectivity index (χ4v) is 2.52. The van der Waals surface area contributed by atoms with Gasteiger partial charge in [-0.3, -0.25) is 10.1 Å². The third-order valence-electron chi connectivity index (χ3n) is 3.95. The first kappa shape index (κ1) is 17.6. The molecule has 2 aromatic rings. The van der Waals surface area contributed by atoms with Crippen molar-refractivity contribution >= 4 is 17.7 Å². The number of ether oxygens (including phenoxy) is 3. The van der Waals surface area contributed by atoms with E-state index in [1.54, 1.807) is 12.1 Å². The maximum Gasteiger partial charge on any atom is 0.411 e. The second kappa shape index (κ2) is 8.24. The average molecular weight is 356 g/mol. The van der Waals surface area contributed by atoms with Crippen LogP contribution in [0.5, 0.6) is 11.5 Å². The molecule has 0 atom stereocenters. The minimum atomic E-state index is -0.519. The van der Waals surface area contributed by atoms with Crippen LogP contribution in [0.1, 0.15) is 17.5 Å². The van der Waals surface area contributed by atoms with E-state index in [4.69, 9.17) is 9.47 Å². The van der Waals surface area contributed by atoms with E-state index in [1.165, 1.54) is 7.11 Å². The van der Waals surface area contributed by atoms with E-state index in [-0.39, 0.29) is 12.7 Å². The Bertz CT molecular complexity index is 789. The van der Waals surface area contributed by atoms with Crippen molar-refractivity contribution in [2.24, 2.45) is 0 Å². The van der Waals surface area contributed by atoms with Gasteiger partial charge in [-0.1, -0.05) is 18.2 Å². The molecule has 7 nitrogen and oxygen atoms in total. The minimum Gasteiger partial charge on any atom is -0.454 e. The lowest BCUT2D eigenvalue weighted by atomic mass is 10.1. The summed E-state index contributed by atoms with van der Waals surface area (Å²) in [5.74, 6) is 1.44. The van der Waals surface area contributed by atoms with Gasteiger partial charge < -0.3 is 19.5 Å². The van der Waals surface area contributed by atoms with Crippen LogP contribution in [0, 0.1) is 0 Å². The van der Waals surface area contributed by atoms with Crippen LogP contribution >= 0.6 is 0 Å². The second-order valence-corrected chi connectivity index (χ2v) is 5.78. The number of fused-ring (bicyclic) bond motifs is 1. The summed E-state index contributed by atoms with van der Waals surface area (Å²) >= 11 is 0. The number of hydrogen-bond acceptors (Lipinski definition) is 5. The minimum absolute atomic E-state index is 0.0283. The van der Waals surface area contributed by atoms with Gasteiger partial charge in [0, 0.05) is 18.7 Å². The number of carbonyl (C=O) groups is 2. The van der Waals surface area contributed by atoms with Gasteiger partial charge >= 0.3 is 6.09 Å². The van der Waals surface area contributed by atoms with E-state index in [0.29, 0.717) is 25.1 Å². The summed E-state index contributed by atoms with van der Waals surface area (Å²) < 4.78 is 15.1. The first-order chi connectivity index (χ1) is 12.6. The normalized spacial score (nSPS) is 11.7. The van der Waals surface area contributed by atoms with Gasteiger partial charge in [0.05, 0.1) is 7.11 Å².